The summed E-state index contributed by atoms with van der Waals surface area (Å²) in [7, 11) is -1.40. The summed E-state index contributed by atoms with van der Waals surface area (Å²) in [6, 6.07) is 13.2. The van der Waals surface area contributed by atoms with Crippen LogP contribution in [0.3, 0.4) is 0 Å². The van der Waals surface area contributed by atoms with Gasteiger partial charge in [-0.15, -0.1) is 0 Å². The second kappa shape index (κ2) is 6.67. The van der Waals surface area contributed by atoms with Gasteiger partial charge in [0.15, 0.2) is 5.65 Å². The molecule has 5 rings (SSSR count). The summed E-state index contributed by atoms with van der Waals surface area (Å²) in [5.41, 5.74) is 7.25. The SMILES string of the molecule is Cn1cnc2ccc(-c3c[nH]c4ncc(-c5cccc(NS(C)(=O)=O)c5)nc34)cc21. The van der Waals surface area contributed by atoms with Gasteiger partial charge in [0.1, 0.15) is 5.52 Å². The second-order valence-corrected chi connectivity index (χ2v) is 8.92. The van der Waals surface area contributed by atoms with Gasteiger partial charge in [-0.3, -0.25) is 4.72 Å². The van der Waals surface area contributed by atoms with Gasteiger partial charge >= 0.3 is 0 Å². The quantitative estimate of drug-likeness (QED) is 0.464. The summed E-state index contributed by atoms with van der Waals surface area (Å²) in [5.74, 6) is 0. The van der Waals surface area contributed by atoms with Crippen molar-refractivity contribution in [3.05, 3.63) is 61.2 Å². The number of H-pyrrole nitrogens is 1. The highest BCUT2D eigenvalue weighted by atomic mass is 32.2. The molecular weight excluding hydrogens is 400 g/mol. The number of imidazole rings is 1. The molecule has 0 fully saturated rings. The van der Waals surface area contributed by atoms with E-state index in [0.29, 0.717) is 17.0 Å². The van der Waals surface area contributed by atoms with Crippen LogP contribution in [0.5, 0.6) is 0 Å². The fourth-order valence-electron chi connectivity index (χ4n) is 3.50. The van der Waals surface area contributed by atoms with Crippen LogP contribution in [0, 0.1) is 0 Å². The van der Waals surface area contributed by atoms with Gasteiger partial charge in [0.05, 0.1) is 35.5 Å². The molecule has 9 heteroatoms. The molecule has 0 amide bonds. The zero-order valence-electron chi connectivity index (χ0n) is 16.3. The maximum atomic E-state index is 11.5. The number of aromatic nitrogens is 5. The first-order valence-corrected chi connectivity index (χ1v) is 11.1. The first-order chi connectivity index (χ1) is 14.4. The van der Waals surface area contributed by atoms with E-state index in [4.69, 9.17) is 4.98 Å². The number of anilines is 1. The molecule has 0 radical (unpaired) electrons. The Bertz CT molecular complexity index is 1520. The normalized spacial score (nSPS) is 11.9. The first kappa shape index (κ1) is 18.3. The number of benzene rings is 2. The van der Waals surface area contributed by atoms with E-state index < -0.39 is 10.0 Å². The number of aromatic amines is 1. The number of sulfonamides is 1. The largest absolute Gasteiger partial charge is 0.344 e. The van der Waals surface area contributed by atoms with Crippen LogP contribution in [0.1, 0.15) is 0 Å². The van der Waals surface area contributed by atoms with E-state index in [1.165, 1.54) is 0 Å². The Kier molecular flexibility index (Phi) is 4.07. The first-order valence-electron chi connectivity index (χ1n) is 9.21. The van der Waals surface area contributed by atoms with Gasteiger partial charge in [-0.05, 0) is 29.8 Å². The molecular formula is C21H18N6O2S. The Hall–Kier alpha value is -3.72. The Morgan fingerprint density at radius 2 is 1.93 bits per heavy atom. The van der Waals surface area contributed by atoms with Crippen molar-refractivity contribution in [2.24, 2.45) is 7.05 Å². The molecule has 0 unspecified atom stereocenters. The fourth-order valence-corrected chi connectivity index (χ4v) is 4.06. The number of hydrogen-bond acceptors (Lipinski definition) is 5. The van der Waals surface area contributed by atoms with Gasteiger partial charge in [0.2, 0.25) is 10.0 Å². The lowest BCUT2D eigenvalue weighted by molar-refractivity contribution is 0.607. The number of aryl methyl sites for hydroxylation is 1. The molecule has 2 aromatic carbocycles. The second-order valence-electron chi connectivity index (χ2n) is 7.17. The minimum Gasteiger partial charge on any atom is -0.344 e. The van der Waals surface area contributed by atoms with Gasteiger partial charge in [-0.2, -0.15) is 0 Å². The van der Waals surface area contributed by atoms with E-state index in [9.17, 15) is 8.42 Å². The Balaban J connectivity index is 1.61. The van der Waals surface area contributed by atoms with Crippen molar-refractivity contribution in [2.75, 3.05) is 11.0 Å². The third kappa shape index (κ3) is 3.29. The zero-order valence-corrected chi connectivity index (χ0v) is 17.1. The molecule has 0 aliphatic rings. The molecule has 150 valence electrons. The highest BCUT2D eigenvalue weighted by Gasteiger charge is 2.13. The lowest BCUT2D eigenvalue weighted by atomic mass is 10.1. The number of fused-ring (bicyclic) bond motifs is 2. The van der Waals surface area contributed by atoms with Gasteiger partial charge in [0, 0.05) is 30.1 Å². The van der Waals surface area contributed by atoms with Gasteiger partial charge in [-0.1, -0.05) is 18.2 Å². The van der Waals surface area contributed by atoms with Crippen LogP contribution >= 0.6 is 0 Å². The van der Waals surface area contributed by atoms with Crippen LogP contribution in [0.4, 0.5) is 5.69 Å². The van der Waals surface area contributed by atoms with E-state index >= 15 is 0 Å². The molecule has 0 saturated heterocycles. The Morgan fingerprint density at radius 1 is 1.07 bits per heavy atom. The average molecular weight is 418 g/mol. The molecule has 3 aromatic heterocycles. The van der Waals surface area contributed by atoms with Crippen LogP contribution in [0.2, 0.25) is 0 Å². The van der Waals surface area contributed by atoms with Crippen molar-refractivity contribution in [3.8, 4) is 22.4 Å². The van der Waals surface area contributed by atoms with Crippen LogP contribution < -0.4 is 4.72 Å². The van der Waals surface area contributed by atoms with Crippen molar-refractivity contribution >= 4 is 37.9 Å². The number of nitrogens with one attached hydrogen (secondary N) is 2. The van der Waals surface area contributed by atoms with E-state index in [1.807, 2.05) is 36.0 Å². The predicted molar refractivity (Wildman–Crippen MR) is 117 cm³/mol. The monoisotopic (exact) mass is 418 g/mol. The summed E-state index contributed by atoms with van der Waals surface area (Å²) in [6.45, 7) is 0. The smallest absolute Gasteiger partial charge is 0.229 e. The number of nitrogens with zero attached hydrogens (tertiary/aromatic N) is 4. The minimum atomic E-state index is -3.36. The predicted octanol–water partition coefficient (Wildman–Crippen LogP) is 3.55. The standard InChI is InChI=1S/C21H18N6O2S/c1-27-12-24-17-7-6-13(9-19(17)27)16-10-22-21-20(16)25-18(11-23-21)14-4-3-5-15(8-14)26-30(2,28)29/h3-12,26H,1-2H3,(H,22,23). The summed E-state index contributed by atoms with van der Waals surface area (Å²) in [4.78, 5) is 16.9. The van der Waals surface area contributed by atoms with Gasteiger partial charge < -0.3 is 9.55 Å². The van der Waals surface area contributed by atoms with E-state index in [2.05, 4.69) is 25.7 Å². The molecule has 30 heavy (non-hydrogen) atoms. The van der Waals surface area contributed by atoms with E-state index in [-0.39, 0.29) is 0 Å². The van der Waals surface area contributed by atoms with E-state index in [1.54, 1.807) is 30.7 Å². The van der Waals surface area contributed by atoms with Crippen molar-refractivity contribution in [1.29, 1.82) is 0 Å². The maximum Gasteiger partial charge on any atom is 0.229 e. The third-order valence-electron chi connectivity index (χ3n) is 4.88. The lowest BCUT2D eigenvalue weighted by Gasteiger charge is -2.07. The van der Waals surface area contributed by atoms with Crippen LogP contribution in [-0.2, 0) is 17.1 Å². The molecule has 8 nitrogen and oxygen atoms in total. The van der Waals surface area contributed by atoms with Crippen molar-refractivity contribution < 1.29 is 8.42 Å². The van der Waals surface area contributed by atoms with Crippen LogP contribution in [0.25, 0.3) is 44.6 Å². The maximum absolute atomic E-state index is 11.5. The van der Waals surface area contributed by atoms with Crippen LogP contribution in [-0.4, -0.2) is 39.2 Å². The summed E-state index contributed by atoms with van der Waals surface area (Å²) >= 11 is 0. The summed E-state index contributed by atoms with van der Waals surface area (Å²) in [5, 5.41) is 0. The fraction of sp³-hybridized carbons (Fsp3) is 0.0952. The van der Waals surface area contributed by atoms with Crippen molar-refractivity contribution in [3.63, 3.8) is 0 Å². The molecule has 0 aliphatic heterocycles. The molecule has 0 spiro atoms. The molecule has 0 aliphatic carbocycles. The average Bonchev–Trinajstić information content (AvgIpc) is 3.30. The summed E-state index contributed by atoms with van der Waals surface area (Å²) < 4.78 is 27.5. The highest BCUT2D eigenvalue weighted by molar-refractivity contribution is 7.92. The van der Waals surface area contributed by atoms with E-state index in [0.717, 1.165) is 39.5 Å². The van der Waals surface area contributed by atoms with Gasteiger partial charge in [-0.25, -0.2) is 23.4 Å². The highest BCUT2D eigenvalue weighted by Crippen LogP contribution is 2.30. The zero-order chi connectivity index (χ0) is 20.9. The Morgan fingerprint density at radius 3 is 2.77 bits per heavy atom. The van der Waals surface area contributed by atoms with Crippen molar-refractivity contribution in [1.82, 2.24) is 24.5 Å². The number of rotatable bonds is 4. The van der Waals surface area contributed by atoms with Crippen LogP contribution in [0.15, 0.2) is 61.2 Å². The minimum absolute atomic E-state index is 0.479. The van der Waals surface area contributed by atoms with Gasteiger partial charge in [0.25, 0.3) is 0 Å². The van der Waals surface area contributed by atoms with Crippen molar-refractivity contribution in [2.45, 2.75) is 0 Å². The summed E-state index contributed by atoms with van der Waals surface area (Å²) in [6.07, 6.45) is 6.48. The number of hydrogen-bond donors (Lipinski definition) is 2. The Labute approximate surface area is 172 Å². The molecule has 2 N–H and O–H groups in total. The molecule has 0 atom stereocenters. The molecule has 0 saturated carbocycles. The molecule has 5 aromatic rings. The molecule has 0 bridgehead atoms. The molecule has 3 heterocycles. The third-order valence-corrected chi connectivity index (χ3v) is 5.49. The topological polar surface area (TPSA) is 106 Å². The lowest BCUT2D eigenvalue weighted by Crippen LogP contribution is -2.09.